The first-order valence-electron chi connectivity index (χ1n) is 15.9. The van der Waals surface area contributed by atoms with Crippen molar-refractivity contribution in [3.05, 3.63) is 145 Å². The molecule has 8 aromatic rings. The summed E-state index contributed by atoms with van der Waals surface area (Å²) >= 11 is 0. The second-order valence-electron chi connectivity index (χ2n) is 11.1. The molecule has 8 rings (SSSR count). The lowest BCUT2D eigenvalue weighted by Gasteiger charge is -2.06. The molecular formula is C39H33N9O3. The van der Waals surface area contributed by atoms with Gasteiger partial charge < -0.3 is 10.3 Å². The number of rotatable bonds is 6. The third-order valence-electron chi connectivity index (χ3n) is 7.85. The topological polar surface area (TPSA) is 157 Å². The average Bonchev–Trinajstić information content (AvgIpc) is 3.83. The molecule has 12 heteroatoms. The number of Topliss-reactive ketones (excluding diaryl/α,β-unsaturated/α-hetero) is 1. The van der Waals surface area contributed by atoms with E-state index >= 15 is 0 Å². The first kappa shape index (κ1) is 34.0. The van der Waals surface area contributed by atoms with Gasteiger partial charge in [-0.3, -0.25) is 4.79 Å². The second-order valence-corrected chi connectivity index (χ2v) is 11.1. The zero-order valence-corrected chi connectivity index (χ0v) is 28.0. The largest absolute Gasteiger partial charge is 0.411 e. The molecule has 0 fully saturated rings. The van der Waals surface area contributed by atoms with Crippen LogP contribution in [-0.2, 0) is 0 Å². The number of ketones is 1. The zero-order chi connectivity index (χ0) is 35.7. The number of hydrogen-bond acceptors (Lipinski definition) is 10. The minimum absolute atomic E-state index is 0.0449. The smallest absolute Gasteiger partial charge is 0.178 e. The van der Waals surface area contributed by atoms with Gasteiger partial charge in [0, 0.05) is 48.3 Å². The minimum Gasteiger partial charge on any atom is -0.411 e. The molecule has 0 saturated carbocycles. The van der Waals surface area contributed by atoms with Gasteiger partial charge in [0.1, 0.15) is 11.4 Å². The third-order valence-corrected chi connectivity index (χ3v) is 7.85. The van der Waals surface area contributed by atoms with Crippen molar-refractivity contribution in [2.75, 3.05) is 7.11 Å². The molecule has 0 amide bonds. The minimum atomic E-state index is -0.0449. The molecule has 12 nitrogen and oxygen atoms in total. The highest BCUT2D eigenvalue weighted by Gasteiger charge is 2.11. The van der Waals surface area contributed by atoms with Crippen molar-refractivity contribution in [1.82, 2.24) is 39.5 Å². The van der Waals surface area contributed by atoms with Gasteiger partial charge in [-0.2, -0.15) is 10.2 Å². The molecule has 6 heterocycles. The number of benzene rings is 2. The summed E-state index contributed by atoms with van der Waals surface area (Å²) in [7, 11) is 1.00. The number of hydrogen-bond donors (Lipinski definition) is 2. The molecule has 6 aromatic heterocycles. The maximum atomic E-state index is 11.6. The Morgan fingerprint density at radius 2 is 1.10 bits per heavy atom. The molecular weight excluding hydrogens is 642 g/mol. The SMILES string of the molecule is C/C(=N\O)c1cccc(-c2ccc3cnn(-c4ccccn4)c3c2)n1.CC(=O)c1cccc(-c2ccc3cnn(-c4ccccn4)c3c2)n1.CO. The number of aliphatic hydroxyl groups excluding tert-OH is 1. The van der Waals surface area contributed by atoms with Gasteiger partial charge in [0.2, 0.25) is 0 Å². The summed E-state index contributed by atoms with van der Waals surface area (Å²) in [4.78, 5) is 29.3. The molecule has 0 aliphatic rings. The molecule has 0 aliphatic carbocycles. The Balaban J connectivity index is 0.000000168. The number of carbonyl (C=O) groups is 1. The Morgan fingerprint density at radius 1 is 0.608 bits per heavy atom. The molecule has 0 bridgehead atoms. The van der Waals surface area contributed by atoms with Crippen LogP contribution in [0.3, 0.4) is 0 Å². The Bertz CT molecular complexity index is 2460. The molecule has 51 heavy (non-hydrogen) atoms. The molecule has 0 unspecified atom stereocenters. The van der Waals surface area contributed by atoms with Crippen LogP contribution >= 0.6 is 0 Å². The lowest BCUT2D eigenvalue weighted by atomic mass is 10.1. The van der Waals surface area contributed by atoms with Gasteiger partial charge in [-0.25, -0.2) is 29.3 Å². The van der Waals surface area contributed by atoms with E-state index in [4.69, 9.17) is 10.3 Å². The first-order chi connectivity index (χ1) is 25.0. The molecule has 0 atom stereocenters. The van der Waals surface area contributed by atoms with Crippen molar-refractivity contribution in [2.45, 2.75) is 13.8 Å². The van der Waals surface area contributed by atoms with Crippen LogP contribution in [0.5, 0.6) is 0 Å². The maximum absolute atomic E-state index is 11.6. The van der Waals surface area contributed by atoms with Gasteiger partial charge in [0.05, 0.1) is 40.5 Å². The van der Waals surface area contributed by atoms with E-state index in [2.05, 4.69) is 35.3 Å². The fraction of sp³-hybridized carbons (Fsp3) is 0.0769. The van der Waals surface area contributed by atoms with Crippen LogP contribution in [0.2, 0.25) is 0 Å². The van der Waals surface area contributed by atoms with E-state index in [0.717, 1.165) is 63.1 Å². The number of oxime groups is 1. The standard InChI is InChI=1S/C19H15N5O.C19H14N4O.CH4O/c1-13(23-25)16-5-4-6-17(22-16)14-8-9-15-12-21-24(18(15)11-14)19-7-2-3-10-20-19;1-13(24)16-5-4-6-17(22-16)14-8-9-15-12-21-23(18(15)11-14)19-7-2-3-10-20-19;1-2/h2-12,25H,1H3;2-12H,1H3;2H,1H3/b23-13+;;. The van der Waals surface area contributed by atoms with Crippen molar-refractivity contribution in [3.63, 3.8) is 0 Å². The Hall–Kier alpha value is -6.92. The average molecular weight is 676 g/mol. The van der Waals surface area contributed by atoms with Crippen LogP contribution in [0.15, 0.2) is 139 Å². The number of pyridine rings is 4. The van der Waals surface area contributed by atoms with E-state index in [1.165, 1.54) is 6.92 Å². The number of carbonyl (C=O) groups excluding carboxylic acids is 1. The van der Waals surface area contributed by atoms with E-state index in [-0.39, 0.29) is 5.78 Å². The first-order valence-corrected chi connectivity index (χ1v) is 15.9. The van der Waals surface area contributed by atoms with E-state index in [1.807, 2.05) is 120 Å². The van der Waals surface area contributed by atoms with Crippen molar-refractivity contribution in [3.8, 4) is 34.2 Å². The Kier molecular flexibility index (Phi) is 10.3. The summed E-state index contributed by atoms with van der Waals surface area (Å²) in [6, 6.07) is 34.6. The molecule has 2 N–H and O–H groups in total. The molecule has 2 aromatic carbocycles. The van der Waals surface area contributed by atoms with Crippen LogP contribution in [-0.4, -0.2) is 68.4 Å². The van der Waals surface area contributed by atoms with Gasteiger partial charge >= 0.3 is 0 Å². The van der Waals surface area contributed by atoms with Gasteiger partial charge in [0.15, 0.2) is 17.4 Å². The lowest BCUT2D eigenvalue weighted by molar-refractivity contribution is 0.101. The van der Waals surface area contributed by atoms with Crippen LogP contribution in [0.4, 0.5) is 0 Å². The monoisotopic (exact) mass is 675 g/mol. The predicted molar refractivity (Wildman–Crippen MR) is 196 cm³/mol. The van der Waals surface area contributed by atoms with Gasteiger partial charge in [-0.1, -0.05) is 53.7 Å². The van der Waals surface area contributed by atoms with E-state index in [1.54, 1.807) is 30.1 Å². The molecule has 252 valence electrons. The van der Waals surface area contributed by atoms with E-state index < -0.39 is 0 Å². The number of aliphatic hydroxyl groups is 1. The van der Waals surface area contributed by atoms with Crippen LogP contribution in [0.1, 0.15) is 30.0 Å². The van der Waals surface area contributed by atoms with Crippen molar-refractivity contribution in [2.24, 2.45) is 5.16 Å². The summed E-state index contributed by atoms with van der Waals surface area (Å²) in [5.41, 5.74) is 6.93. The Morgan fingerprint density at radius 3 is 1.55 bits per heavy atom. The second kappa shape index (κ2) is 15.5. The number of fused-ring (bicyclic) bond motifs is 2. The summed E-state index contributed by atoms with van der Waals surface area (Å²) < 4.78 is 3.61. The highest BCUT2D eigenvalue weighted by molar-refractivity contribution is 5.97. The van der Waals surface area contributed by atoms with Crippen LogP contribution < -0.4 is 0 Å². The summed E-state index contributed by atoms with van der Waals surface area (Å²) in [5.74, 6) is 1.48. The fourth-order valence-electron chi connectivity index (χ4n) is 5.32. The van der Waals surface area contributed by atoms with Crippen LogP contribution in [0.25, 0.3) is 56.0 Å². The van der Waals surface area contributed by atoms with Crippen LogP contribution in [0, 0.1) is 0 Å². The summed E-state index contributed by atoms with van der Waals surface area (Å²) in [6.07, 6.45) is 7.12. The number of aromatic nitrogens is 8. The summed E-state index contributed by atoms with van der Waals surface area (Å²) in [5, 5.41) is 30.1. The van der Waals surface area contributed by atoms with Crippen molar-refractivity contribution < 1.29 is 15.1 Å². The zero-order valence-electron chi connectivity index (χ0n) is 28.0. The van der Waals surface area contributed by atoms with E-state index in [9.17, 15) is 4.79 Å². The Labute approximate surface area is 293 Å². The highest BCUT2D eigenvalue weighted by Crippen LogP contribution is 2.26. The molecule has 0 radical (unpaired) electrons. The summed E-state index contributed by atoms with van der Waals surface area (Å²) in [6.45, 7) is 3.23. The molecule has 0 aliphatic heterocycles. The van der Waals surface area contributed by atoms with Crippen molar-refractivity contribution in [1.29, 1.82) is 0 Å². The van der Waals surface area contributed by atoms with E-state index in [0.29, 0.717) is 17.1 Å². The highest BCUT2D eigenvalue weighted by atomic mass is 16.4. The maximum Gasteiger partial charge on any atom is 0.178 e. The third kappa shape index (κ3) is 7.41. The lowest BCUT2D eigenvalue weighted by Crippen LogP contribution is -2.00. The van der Waals surface area contributed by atoms with Gasteiger partial charge in [-0.15, -0.1) is 0 Å². The van der Waals surface area contributed by atoms with Gasteiger partial charge in [-0.05, 0) is 67.6 Å². The molecule has 0 saturated heterocycles. The molecule has 0 spiro atoms. The predicted octanol–water partition coefficient (Wildman–Crippen LogP) is 6.97. The van der Waals surface area contributed by atoms with Gasteiger partial charge in [0.25, 0.3) is 0 Å². The van der Waals surface area contributed by atoms with Crippen molar-refractivity contribution >= 4 is 33.3 Å². The number of nitrogens with zero attached hydrogens (tertiary/aromatic N) is 9. The fourth-order valence-corrected chi connectivity index (χ4v) is 5.32. The normalized spacial score (nSPS) is 11.0. The quantitative estimate of drug-likeness (QED) is 0.0822.